The summed E-state index contributed by atoms with van der Waals surface area (Å²) in [6.07, 6.45) is 0. The van der Waals surface area contributed by atoms with E-state index in [2.05, 4.69) is 6.58 Å². The van der Waals surface area contributed by atoms with Crippen LogP contribution in [0.3, 0.4) is 0 Å². The Kier molecular flexibility index (Phi) is 3.81. The van der Waals surface area contributed by atoms with Gasteiger partial charge in [0.15, 0.2) is 5.78 Å². The fourth-order valence-electron chi connectivity index (χ4n) is 1.82. The van der Waals surface area contributed by atoms with Crippen LogP contribution < -0.4 is 4.74 Å². The number of hydrogen-bond acceptors (Lipinski definition) is 2. The van der Waals surface area contributed by atoms with Gasteiger partial charge in [0.25, 0.3) is 0 Å². The second-order valence-corrected chi connectivity index (χ2v) is 4.41. The van der Waals surface area contributed by atoms with Gasteiger partial charge in [0, 0.05) is 11.1 Å². The Morgan fingerprint density at radius 3 is 2.37 bits per heavy atom. The highest BCUT2D eigenvalue weighted by atomic mass is 16.5. The molecular formula is C17H16O2. The van der Waals surface area contributed by atoms with E-state index in [1.807, 2.05) is 37.3 Å². The number of ketones is 1. The van der Waals surface area contributed by atoms with Gasteiger partial charge in [-0.2, -0.15) is 0 Å². The largest absolute Gasteiger partial charge is 0.497 e. The number of carbonyl (C=O) groups is 1. The number of rotatable bonds is 4. The number of allylic oxidation sites excluding steroid dienone is 1. The Bertz CT molecular complexity index is 609. The zero-order valence-corrected chi connectivity index (χ0v) is 11.1. The number of benzene rings is 2. The number of Topliss-reactive ketones (excluding diaryl/α,β-unsaturated/α-hetero) is 1. The maximum atomic E-state index is 12.3. The van der Waals surface area contributed by atoms with E-state index in [9.17, 15) is 4.79 Å². The molecule has 0 bridgehead atoms. The van der Waals surface area contributed by atoms with Crippen LogP contribution in [0.25, 0.3) is 5.57 Å². The molecule has 0 radical (unpaired) electrons. The molecule has 2 rings (SSSR count). The molecule has 2 aromatic rings. The van der Waals surface area contributed by atoms with Crippen LogP contribution in [0.1, 0.15) is 21.5 Å². The monoisotopic (exact) mass is 252 g/mol. The van der Waals surface area contributed by atoms with E-state index in [-0.39, 0.29) is 5.78 Å². The standard InChI is InChI=1S/C17H16O2/c1-12-7-9-14(10-8-12)13(2)17(18)15-5-4-6-16(11-15)19-3/h4-11H,2H2,1,3H3. The third kappa shape index (κ3) is 2.91. The molecule has 0 aliphatic heterocycles. The lowest BCUT2D eigenvalue weighted by molar-refractivity contribution is 0.105. The Balaban J connectivity index is 2.28. The number of carbonyl (C=O) groups excluding carboxylic acids is 1. The van der Waals surface area contributed by atoms with Crippen molar-refractivity contribution in [3.63, 3.8) is 0 Å². The molecule has 0 N–H and O–H groups in total. The SMILES string of the molecule is C=C(C(=O)c1cccc(OC)c1)c1ccc(C)cc1. The summed E-state index contributed by atoms with van der Waals surface area (Å²) in [7, 11) is 1.58. The summed E-state index contributed by atoms with van der Waals surface area (Å²) in [5, 5.41) is 0. The molecule has 96 valence electrons. The molecule has 0 amide bonds. The Hall–Kier alpha value is -2.35. The van der Waals surface area contributed by atoms with E-state index in [0.29, 0.717) is 16.9 Å². The van der Waals surface area contributed by atoms with E-state index >= 15 is 0 Å². The van der Waals surface area contributed by atoms with Crippen LogP contribution >= 0.6 is 0 Å². The van der Waals surface area contributed by atoms with Crippen molar-refractivity contribution in [1.82, 2.24) is 0 Å². The van der Waals surface area contributed by atoms with E-state index in [1.54, 1.807) is 25.3 Å². The maximum absolute atomic E-state index is 12.3. The Morgan fingerprint density at radius 2 is 1.74 bits per heavy atom. The van der Waals surface area contributed by atoms with E-state index in [0.717, 1.165) is 11.1 Å². The molecule has 19 heavy (non-hydrogen) atoms. The van der Waals surface area contributed by atoms with Gasteiger partial charge in [0.1, 0.15) is 5.75 Å². The summed E-state index contributed by atoms with van der Waals surface area (Å²) in [5.74, 6) is 0.588. The molecule has 2 aromatic carbocycles. The molecular weight excluding hydrogens is 236 g/mol. The van der Waals surface area contributed by atoms with Crippen molar-refractivity contribution >= 4 is 11.4 Å². The van der Waals surface area contributed by atoms with Gasteiger partial charge in [-0.05, 0) is 24.6 Å². The van der Waals surface area contributed by atoms with E-state index in [1.165, 1.54) is 0 Å². The van der Waals surface area contributed by atoms with Gasteiger partial charge in [0.2, 0.25) is 0 Å². The molecule has 0 aliphatic carbocycles. The predicted octanol–water partition coefficient (Wildman–Crippen LogP) is 3.90. The third-order valence-corrected chi connectivity index (χ3v) is 3.01. The lowest BCUT2D eigenvalue weighted by Gasteiger charge is -2.07. The topological polar surface area (TPSA) is 26.3 Å². The number of methoxy groups -OCH3 is 1. The van der Waals surface area contributed by atoms with E-state index in [4.69, 9.17) is 4.74 Å². The van der Waals surface area contributed by atoms with Crippen molar-refractivity contribution in [3.8, 4) is 5.75 Å². The summed E-state index contributed by atoms with van der Waals surface area (Å²) < 4.78 is 5.12. The summed E-state index contributed by atoms with van der Waals surface area (Å²) in [6, 6.07) is 14.9. The molecule has 0 aromatic heterocycles. The fraction of sp³-hybridized carbons (Fsp3) is 0.118. The number of aryl methyl sites for hydroxylation is 1. The number of ether oxygens (including phenoxy) is 1. The van der Waals surface area contributed by atoms with Gasteiger partial charge in [0.05, 0.1) is 7.11 Å². The molecule has 2 nitrogen and oxygen atoms in total. The smallest absolute Gasteiger partial charge is 0.193 e. The molecule has 0 saturated carbocycles. The molecule has 0 atom stereocenters. The van der Waals surface area contributed by atoms with E-state index < -0.39 is 0 Å². The highest BCUT2D eigenvalue weighted by Gasteiger charge is 2.12. The minimum Gasteiger partial charge on any atom is -0.497 e. The zero-order chi connectivity index (χ0) is 13.8. The molecule has 0 heterocycles. The van der Waals surface area contributed by atoms with Gasteiger partial charge in [-0.1, -0.05) is 48.5 Å². The molecule has 0 aliphatic rings. The van der Waals surface area contributed by atoms with Gasteiger partial charge in [-0.3, -0.25) is 4.79 Å². The first-order valence-electron chi connectivity index (χ1n) is 6.06. The summed E-state index contributed by atoms with van der Waals surface area (Å²) >= 11 is 0. The van der Waals surface area contributed by atoms with Crippen molar-refractivity contribution in [2.24, 2.45) is 0 Å². The van der Waals surface area contributed by atoms with Crippen molar-refractivity contribution in [3.05, 3.63) is 71.8 Å². The molecule has 0 unspecified atom stereocenters. The van der Waals surface area contributed by atoms with Crippen molar-refractivity contribution in [2.45, 2.75) is 6.92 Å². The molecule has 0 spiro atoms. The lowest BCUT2D eigenvalue weighted by atomic mass is 9.97. The number of hydrogen-bond donors (Lipinski definition) is 0. The predicted molar refractivity (Wildman–Crippen MR) is 77.5 cm³/mol. The van der Waals surface area contributed by atoms with Crippen molar-refractivity contribution in [1.29, 1.82) is 0 Å². The summed E-state index contributed by atoms with van der Waals surface area (Å²) in [5.41, 5.74) is 3.09. The van der Waals surface area contributed by atoms with Crippen LogP contribution in [0.2, 0.25) is 0 Å². The van der Waals surface area contributed by atoms with Crippen molar-refractivity contribution in [2.75, 3.05) is 7.11 Å². The second kappa shape index (κ2) is 5.53. The van der Waals surface area contributed by atoms with Gasteiger partial charge < -0.3 is 4.74 Å². The minimum absolute atomic E-state index is 0.0808. The lowest BCUT2D eigenvalue weighted by Crippen LogP contribution is -2.02. The Labute approximate surface area is 113 Å². The van der Waals surface area contributed by atoms with Crippen LogP contribution in [0.5, 0.6) is 5.75 Å². The maximum Gasteiger partial charge on any atom is 0.193 e. The zero-order valence-electron chi connectivity index (χ0n) is 11.1. The third-order valence-electron chi connectivity index (χ3n) is 3.01. The molecule has 0 saturated heterocycles. The van der Waals surface area contributed by atoms with Crippen LogP contribution in [0, 0.1) is 6.92 Å². The van der Waals surface area contributed by atoms with Crippen LogP contribution in [-0.2, 0) is 0 Å². The molecule has 0 fully saturated rings. The van der Waals surface area contributed by atoms with Crippen molar-refractivity contribution < 1.29 is 9.53 Å². The summed E-state index contributed by atoms with van der Waals surface area (Å²) in [6.45, 7) is 5.91. The first kappa shape index (κ1) is 13.1. The first-order chi connectivity index (χ1) is 9.11. The first-order valence-corrected chi connectivity index (χ1v) is 6.06. The minimum atomic E-state index is -0.0808. The summed E-state index contributed by atoms with van der Waals surface area (Å²) in [4.78, 5) is 12.3. The highest BCUT2D eigenvalue weighted by molar-refractivity contribution is 6.28. The highest BCUT2D eigenvalue weighted by Crippen LogP contribution is 2.21. The van der Waals surface area contributed by atoms with Gasteiger partial charge >= 0.3 is 0 Å². The Morgan fingerprint density at radius 1 is 1.05 bits per heavy atom. The average Bonchev–Trinajstić information content (AvgIpc) is 2.46. The van der Waals surface area contributed by atoms with Crippen LogP contribution in [-0.4, -0.2) is 12.9 Å². The van der Waals surface area contributed by atoms with Gasteiger partial charge in [-0.25, -0.2) is 0 Å². The molecule has 2 heteroatoms. The van der Waals surface area contributed by atoms with Crippen LogP contribution in [0.15, 0.2) is 55.1 Å². The van der Waals surface area contributed by atoms with Crippen LogP contribution in [0.4, 0.5) is 0 Å². The van der Waals surface area contributed by atoms with Gasteiger partial charge in [-0.15, -0.1) is 0 Å². The second-order valence-electron chi connectivity index (χ2n) is 4.41. The normalized spacial score (nSPS) is 10.0. The average molecular weight is 252 g/mol. The quantitative estimate of drug-likeness (QED) is 0.609. The fourth-order valence-corrected chi connectivity index (χ4v) is 1.82.